The molecular weight excluding hydrogens is 272 g/mol. The average Bonchev–Trinajstić information content (AvgIpc) is 2.48. The van der Waals surface area contributed by atoms with E-state index in [2.05, 4.69) is 10.6 Å². The highest BCUT2D eigenvalue weighted by atomic mass is 16.5. The number of carboxylic acid groups (broad SMARTS) is 1. The highest BCUT2D eigenvalue weighted by Crippen LogP contribution is 2.17. The topological polar surface area (TPSA) is 87.7 Å². The second-order valence-electron chi connectivity index (χ2n) is 5.03. The number of hydrogen-bond donors (Lipinski definition) is 3. The van der Waals surface area contributed by atoms with Gasteiger partial charge in [0.1, 0.15) is 0 Å². The molecule has 6 heteroatoms. The summed E-state index contributed by atoms with van der Waals surface area (Å²) in [5.41, 5.74) is 0.788. The summed E-state index contributed by atoms with van der Waals surface area (Å²) < 4.78 is 5.48. The number of carbonyl (C=O) groups excluding carboxylic acids is 1. The first kappa shape index (κ1) is 15.5. The fourth-order valence-electron chi connectivity index (χ4n) is 2.32. The molecule has 1 aliphatic rings. The Morgan fingerprint density at radius 1 is 1.38 bits per heavy atom. The van der Waals surface area contributed by atoms with Gasteiger partial charge in [0, 0.05) is 13.1 Å². The first-order valence-corrected chi connectivity index (χ1v) is 7.03. The van der Waals surface area contributed by atoms with Crippen molar-refractivity contribution in [3.05, 3.63) is 35.9 Å². The van der Waals surface area contributed by atoms with Crippen LogP contribution < -0.4 is 10.6 Å². The van der Waals surface area contributed by atoms with Gasteiger partial charge in [0.15, 0.2) is 0 Å². The van der Waals surface area contributed by atoms with Crippen LogP contribution >= 0.6 is 0 Å². The molecule has 1 aromatic rings. The molecule has 0 aromatic heterocycles. The molecule has 2 atom stereocenters. The van der Waals surface area contributed by atoms with Crippen LogP contribution in [0.15, 0.2) is 30.3 Å². The maximum Gasteiger partial charge on any atom is 0.305 e. The highest BCUT2D eigenvalue weighted by Gasteiger charge is 2.21. The number of aliphatic carboxylic acids is 1. The Kier molecular flexibility index (Phi) is 5.71. The smallest absolute Gasteiger partial charge is 0.305 e. The van der Waals surface area contributed by atoms with E-state index < -0.39 is 12.0 Å². The van der Waals surface area contributed by atoms with Crippen LogP contribution in [0.2, 0.25) is 0 Å². The molecule has 1 amide bonds. The Morgan fingerprint density at radius 2 is 2.14 bits per heavy atom. The SMILES string of the molecule is O=C(O)CC(NC(=O)CC1CNCCO1)c1ccccc1. The lowest BCUT2D eigenvalue weighted by Gasteiger charge is -2.24. The molecule has 2 unspecified atom stereocenters. The minimum absolute atomic E-state index is 0.139. The Labute approximate surface area is 123 Å². The predicted molar refractivity (Wildman–Crippen MR) is 76.8 cm³/mol. The van der Waals surface area contributed by atoms with Crippen LogP contribution in [0.3, 0.4) is 0 Å². The molecule has 1 fully saturated rings. The predicted octanol–water partition coefficient (Wildman–Crippen LogP) is 0.697. The van der Waals surface area contributed by atoms with E-state index in [1.807, 2.05) is 30.3 Å². The Balaban J connectivity index is 1.94. The van der Waals surface area contributed by atoms with E-state index in [0.717, 1.165) is 12.1 Å². The number of amides is 1. The van der Waals surface area contributed by atoms with Gasteiger partial charge in [0.05, 0.1) is 31.6 Å². The molecule has 6 nitrogen and oxygen atoms in total. The van der Waals surface area contributed by atoms with Gasteiger partial charge in [0.25, 0.3) is 0 Å². The number of carboxylic acids is 1. The van der Waals surface area contributed by atoms with E-state index >= 15 is 0 Å². The Bertz CT molecular complexity index is 472. The number of carbonyl (C=O) groups is 2. The van der Waals surface area contributed by atoms with Crippen molar-refractivity contribution in [2.45, 2.75) is 25.0 Å². The van der Waals surface area contributed by atoms with Gasteiger partial charge in [-0.2, -0.15) is 0 Å². The normalized spacial score (nSPS) is 19.7. The van der Waals surface area contributed by atoms with E-state index in [-0.39, 0.29) is 24.9 Å². The average molecular weight is 292 g/mol. The number of hydrogen-bond acceptors (Lipinski definition) is 4. The molecule has 0 aliphatic carbocycles. The van der Waals surface area contributed by atoms with Crippen molar-refractivity contribution < 1.29 is 19.4 Å². The highest BCUT2D eigenvalue weighted by molar-refractivity contribution is 5.78. The van der Waals surface area contributed by atoms with E-state index in [0.29, 0.717) is 13.2 Å². The van der Waals surface area contributed by atoms with Crippen LogP contribution in [-0.4, -0.2) is 42.8 Å². The maximum atomic E-state index is 12.1. The van der Waals surface area contributed by atoms with Crippen LogP contribution in [0.1, 0.15) is 24.4 Å². The van der Waals surface area contributed by atoms with Crippen molar-refractivity contribution >= 4 is 11.9 Å². The molecular formula is C15H20N2O4. The van der Waals surface area contributed by atoms with E-state index in [9.17, 15) is 9.59 Å². The molecule has 1 aromatic carbocycles. The van der Waals surface area contributed by atoms with E-state index in [1.54, 1.807) is 0 Å². The van der Waals surface area contributed by atoms with Gasteiger partial charge in [-0.3, -0.25) is 9.59 Å². The summed E-state index contributed by atoms with van der Waals surface area (Å²) in [7, 11) is 0. The minimum atomic E-state index is -0.945. The molecule has 0 radical (unpaired) electrons. The fourth-order valence-corrected chi connectivity index (χ4v) is 2.32. The van der Waals surface area contributed by atoms with Crippen molar-refractivity contribution in [3.63, 3.8) is 0 Å². The fraction of sp³-hybridized carbons (Fsp3) is 0.467. The van der Waals surface area contributed by atoms with Gasteiger partial charge in [-0.25, -0.2) is 0 Å². The van der Waals surface area contributed by atoms with Crippen LogP contribution in [0.4, 0.5) is 0 Å². The van der Waals surface area contributed by atoms with Crippen LogP contribution in [0.5, 0.6) is 0 Å². The van der Waals surface area contributed by atoms with Crippen molar-refractivity contribution in [1.82, 2.24) is 10.6 Å². The summed E-state index contributed by atoms with van der Waals surface area (Å²) >= 11 is 0. The Morgan fingerprint density at radius 3 is 2.76 bits per heavy atom. The largest absolute Gasteiger partial charge is 0.481 e. The zero-order valence-corrected chi connectivity index (χ0v) is 11.7. The third-order valence-electron chi connectivity index (χ3n) is 3.33. The summed E-state index contributed by atoms with van der Waals surface area (Å²) in [6.45, 7) is 2.03. The maximum absolute atomic E-state index is 12.1. The molecule has 21 heavy (non-hydrogen) atoms. The summed E-state index contributed by atoms with van der Waals surface area (Å²) in [6.07, 6.45) is -0.0600. The third kappa shape index (κ3) is 5.17. The molecule has 1 saturated heterocycles. The summed E-state index contributed by atoms with van der Waals surface area (Å²) in [6, 6.07) is 8.60. The Hall–Kier alpha value is -1.92. The van der Waals surface area contributed by atoms with Gasteiger partial charge in [-0.15, -0.1) is 0 Å². The standard InChI is InChI=1S/C15H20N2O4/c18-14(8-12-10-16-6-7-21-12)17-13(9-15(19)20)11-4-2-1-3-5-11/h1-5,12-13,16H,6-10H2,(H,17,18)(H,19,20). The second-order valence-corrected chi connectivity index (χ2v) is 5.03. The number of ether oxygens (including phenoxy) is 1. The number of rotatable bonds is 6. The summed E-state index contributed by atoms with van der Waals surface area (Å²) in [5, 5.41) is 14.9. The van der Waals surface area contributed by atoms with Gasteiger partial charge in [0.2, 0.25) is 5.91 Å². The van der Waals surface area contributed by atoms with Crippen molar-refractivity contribution in [3.8, 4) is 0 Å². The molecule has 0 bridgehead atoms. The van der Waals surface area contributed by atoms with Gasteiger partial charge >= 0.3 is 5.97 Å². The molecule has 2 rings (SSSR count). The quantitative estimate of drug-likeness (QED) is 0.718. The number of nitrogens with one attached hydrogen (secondary N) is 2. The van der Waals surface area contributed by atoms with Crippen molar-refractivity contribution in [2.24, 2.45) is 0 Å². The van der Waals surface area contributed by atoms with Crippen molar-refractivity contribution in [1.29, 1.82) is 0 Å². The zero-order chi connectivity index (χ0) is 15.1. The first-order chi connectivity index (χ1) is 10.1. The van der Waals surface area contributed by atoms with Gasteiger partial charge < -0.3 is 20.5 Å². The monoisotopic (exact) mass is 292 g/mol. The lowest BCUT2D eigenvalue weighted by atomic mass is 10.0. The lowest BCUT2D eigenvalue weighted by molar-refractivity contribution is -0.137. The van der Waals surface area contributed by atoms with Crippen molar-refractivity contribution in [2.75, 3.05) is 19.7 Å². The van der Waals surface area contributed by atoms with E-state index in [4.69, 9.17) is 9.84 Å². The van der Waals surface area contributed by atoms with E-state index in [1.165, 1.54) is 0 Å². The van der Waals surface area contributed by atoms with Gasteiger partial charge in [-0.1, -0.05) is 30.3 Å². The zero-order valence-electron chi connectivity index (χ0n) is 11.7. The second kappa shape index (κ2) is 7.75. The summed E-state index contributed by atoms with van der Waals surface area (Å²) in [5.74, 6) is -1.14. The van der Waals surface area contributed by atoms with Crippen LogP contribution in [0.25, 0.3) is 0 Å². The molecule has 1 heterocycles. The lowest BCUT2D eigenvalue weighted by Crippen LogP contribution is -2.42. The molecule has 0 spiro atoms. The molecule has 0 saturated carbocycles. The van der Waals surface area contributed by atoms with Crippen LogP contribution in [-0.2, 0) is 14.3 Å². The molecule has 114 valence electrons. The van der Waals surface area contributed by atoms with Gasteiger partial charge in [-0.05, 0) is 5.56 Å². The van der Waals surface area contributed by atoms with Crippen LogP contribution in [0, 0.1) is 0 Å². The molecule has 3 N–H and O–H groups in total. The number of morpholine rings is 1. The molecule has 1 aliphatic heterocycles. The third-order valence-corrected chi connectivity index (χ3v) is 3.33. The number of benzene rings is 1. The summed E-state index contributed by atoms with van der Waals surface area (Å²) in [4.78, 5) is 23.0. The first-order valence-electron chi connectivity index (χ1n) is 7.03. The minimum Gasteiger partial charge on any atom is -0.481 e.